The van der Waals surface area contributed by atoms with Crippen molar-refractivity contribution in [2.24, 2.45) is 0 Å². The summed E-state index contributed by atoms with van der Waals surface area (Å²) in [5.74, 6) is -0.488. The van der Waals surface area contributed by atoms with E-state index < -0.39 is 17.6 Å². The van der Waals surface area contributed by atoms with Gasteiger partial charge in [-0.25, -0.2) is 4.68 Å². The van der Waals surface area contributed by atoms with E-state index in [1.54, 1.807) is 15.8 Å². The largest absolute Gasteiger partial charge is 0.418 e. The lowest BCUT2D eigenvalue weighted by molar-refractivity contribution is -0.137. The number of rotatable bonds is 7. The zero-order valence-corrected chi connectivity index (χ0v) is 19.0. The maximum atomic E-state index is 13.1. The molecule has 1 N–H and O–H groups in total. The summed E-state index contributed by atoms with van der Waals surface area (Å²) in [6.45, 7) is 1.86. The number of para-hydroxylation sites is 2. The first-order valence-electron chi connectivity index (χ1n) is 11.3. The van der Waals surface area contributed by atoms with Crippen LogP contribution >= 0.6 is 0 Å². The molecule has 0 spiro atoms. The number of alkyl halides is 3. The number of aromatic nitrogens is 2. The lowest BCUT2D eigenvalue weighted by Gasteiger charge is -2.34. The molecule has 35 heavy (non-hydrogen) atoms. The Labute approximate surface area is 201 Å². The molecule has 0 atom stereocenters. The molecule has 184 valence electrons. The van der Waals surface area contributed by atoms with Gasteiger partial charge in [-0.2, -0.15) is 18.3 Å². The summed E-state index contributed by atoms with van der Waals surface area (Å²) in [4.78, 5) is 28.6. The van der Waals surface area contributed by atoms with Gasteiger partial charge in [0.1, 0.15) is 0 Å². The number of benzene rings is 2. The average molecular weight is 486 g/mol. The zero-order valence-electron chi connectivity index (χ0n) is 19.0. The Morgan fingerprint density at radius 1 is 0.943 bits per heavy atom. The Hall–Kier alpha value is -3.66. The van der Waals surface area contributed by atoms with Gasteiger partial charge < -0.3 is 10.2 Å². The average Bonchev–Trinajstić information content (AvgIpc) is 3.32. The smallest absolute Gasteiger partial charge is 0.340 e. The third-order valence-corrected chi connectivity index (χ3v) is 5.88. The van der Waals surface area contributed by atoms with Crippen molar-refractivity contribution in [1.29, 1.82) is 0 Å². The summed E-state index contributed by atoms with van der Waals surface area (Å²) in [5, 5.41) is 6.71. The molecule has 1 aliphatic heterocycles. The van der Waals surface area contributed by atoms with E-state index in [1.165, 1.54) is 18.2 Å². The quantitative estimate of drug-likeness (QED) is 0.555. The molecule has 0 aliphatic carbocycles. The minimum absolute atomic E-state index is 0.0284. The number of nitrogens with one attached hydrogen (secondary N) is 1. The summed E-state index contributed by atoms with van der Waals surface area (Å²) in [5.41, 5.74) is 0.788. The van der Waals surface area contributed by atoms with E-state index >= 15 is 0 Å². The number of carbonyl (C=O) groups excluding carboxylic acids is 2. The van der Waals surface area contributed by atoms with Crippen molar-refractivity contribution < 1.29 is 22.8 Å². The molecule has 2 heterocycles. The SMILES string of the molecule is O=C(CN1CCN(C(=O)CCc2cnn(-c3ccccc3)c2)CC1)Nc1ccccc1C(F)(F)F. The molecule has 1 aromatic heterocycles. The van der Waals surface area contributed by atoms with Gasteiger partial charge in [0.25, 0.3) is 0 Å². The van der Waals surface area contributed by atoms with Crippen molar-refractivity contribution in [2.45, 2.75) is 19.0 Å². The fraction of sp³-hybridized carbons (Fsp3) is 0.320. The van der Waals surface area contributed by atoms with Crippen molar-refractivity contribution in [2.75, 3.05) is 38.0 Å². The summed E-state index contributed by atoms with van der Waals surface area (Å²) in [6, 6.07) is 14.6. The normalized spacial score (nSPS) is 14.7. The number of anilines is 1. The third kappa shape index (κ3) is 6.48. The van der Waals surface area contributed by atoms with Gasteiger partial charge in [-0.05, 0) is 36.2 Å². The molecule has 3 aromatic rings. The number of hydrogen-bond donors (Lipinski definition) is 1. The first kappa shape index (κ1) is 24.5. The number of hydrogen-bond acceptors (Lipinski definition) is 4. The van der Waals surface area contributed by atoms with Crippen LogP contribution in [0.2, 0.25) is 0 Å². The molecule has 1 saturated heterocycles. The minimum Gasteiger partial charge on any atom is -0.340 e. The molecule has 2 aromatic carbocycles. The van der Waals surface area contributed by atoms with Crippen LogP contribution in [0.1, 0.15) is 17.5 Å². The van der Waals surface area contributed by atoms with Crippen LogP contribution in [0.25, 0.3) is 5.69 Å². The van der Waals surface area contributed by atoms with E-state index in [0.29, 0.717) is 39.0 Å². The minimum atomic E-state index is -4.55. The lowest BCUT2D eigenvalue weighted by atomic mass is 10.1. The Kier molecular flexibility index (Phi) is 7.50. The summed E-state index contributed by atoms with van der Waals surface area (Å²) < 4.78 is 41.1. The van der Waals surface area contributed by atoms with Crippen LogP contribution in [-0.2, 0) is 22.2 Å². The molecule has 0 saturated carbocycles. The number of nitrogens with zero attached hydrogens (tertiary/aromatic N) is 4. The molecule has 1 fully saturated rings. The molecule has 4 rings (SSSR count). The van der Waals surface area contributed by atoms with E-state index in [0.717, 1.165) is 17.3 Å². The monoisotopic (exact) mass is 485 g/mol. The highest BCUT2D eigenvalue weighted by Crippen LogP contribution is 2.34. The molecule has 2 amide bonds. The van der Waals surface area contributed by atoms with Crippen molar-refractivity contribution in [3.63, 3.8) is 0 Å². The second kappa shape index (κ2) is 10.7. The highest BCUT2D eigenvalue weighted by atomic mass is 19.4. The van der Waals surface area contributed by atoms with Gasteiger partial charge in [0.2, 0.25) is 11.8 Å². The molecule has 0 unspecified atom stereocenters. The Morgan fingerprint density at radius 2 is 1.63 bits per heavy atom. The van der Waals surface area contributed by atoms with E-state index in [4.69, 9.17) is 0 Å². The molecule has 0 bridgehead atoms. The van der Waals surface area contributed by atoms with Gasteiger partial charge in [0.15, 0.2) is 0 Å². The van der Waals surface area contributed by atoms with E-state index in [9.17, 15) is 22.8 Å². The van der Waals surface area contributed by atoms with Gasteiger partial charge in [0, 0.05) is 38.8 Å². The highest BCUT2D eigenvalue weighted by molar-refractivity contribution is 5.93. The predicted octanol–water partition coefficient (Wildman–Crippen LogP) is 3.61. The van der Waals surface area contributed by atoms with Crippen LogP contribution < -0.4 is 5.32 Å². The van der Waals surface area contributed by atoms with E-state index in [2.05, 4.69) is 10.4 Å². The van der Waals surface area contributed by atoms with Crippen LogP contribution in [-0.4, -0.2) is 64.1 Å². The fourth-order valence-corrected chi connectivity index (χ4v) is 4.01. The number of amides is 2. The van der Waals surface area contributed by atoms with Crippen LogP contribution in [0, 0.1) is 0 Å². The molecule has 1 aliphatic rings. The number of piperazine rings is 1. The Bertz CT molecular complexity index is 1160. The van der Waals surface area contributed by atoms with Crippen LogP contribution in [0.4, 0.5) is 18.9 Å². The van der Waals surface area contributed by atoms with E-state index in [1.807, 2.05) is 41.4 Å². The maximum absolute atomic E-state index is 13.1. The van der Waals surface area contributed by atoms with Crippen molar-refractivity contribution in [1.82, 2.24) is 19.6 Å². The highest BCUT2D eigenvalue weighted by Gasteiger charge is 2.33. The van der Waals surface area contributed by atoms with Gasteiger partial charge in [-0.1, -0.05) is 30.3 Å². The zero-order chi connectivity index (χ0) is 24.8. The predicted molar refractivity (Wildman–Crippen MR) is 125 cm³/mol. The Morgan fingerprint density at radius 3 is 2.34 bits per heavy atom. The van der Waals surface area contributed by atoms with Crippen molar-refractivity contribution in [3.05, 3.63) is 78.1 Å². The topological polar surface area (TPSA) is 70.5 Å². The maximum Gasteiger partial charge on any atom is 0.418 e. The number of halogens is 3. The number of carbonyl (C=O) groups is 2. The summed E-state index contributed by atoms with van der Waals surface area (Å²) >= 11 is 0. The van der Waals surface area contributed by atoms with E-state index in [-0.39, 0.29) is 18.1 Å². The second-order valence-electron chi connectivity index (χ2n) is 8.38. The summed E-state index contributed by atoms with van der Waals surface area (Å²) in [7, 11) is 0. The molecule has 0 radical (unpaired) electrons. The van der Waals surface area contributed by atoms with Crippen LogP contribution in [0.5, 0.6) is 0 Å². The lowest BCUT2D eigenvalue weighted by Crippen LogP contribution is -2.50. The molecular formula is C25H26F3N5O2. The van der Waals surface area contributed by atoms with Gasteiger partial charge in [-0.15, -0.1) is 0 Å². The summed E-state index contributed by atoms with van der Waals surface area (Å²) in [6.07, 6.45) is 0.0576. The Balaban J connectivity index is 1.21. The van der Waals surface area contributed by atoms with Crippen molar-refractivity contribution >= 4 is 17.5 Å². The van der Waals surface area contributed by atoms with Crippen LogP contribution in [0.15, 0.2) is 67.0 Å². The first-order chi connectivity index (χ1) is 16.8. The fourth-order valence-electron chi connectivity index (χ4n) is 4.01. The molecule has 10 heteroatoms. The molecular weight excluding hydrogens is 459 g/mol. The second-order valence-corrected chi connectivity index (χ2v) is 8.38. The van der Waals surface area contributed by atoms with Gasteiger partial charge in [0.05, 0.1) is 29.7 Å². The third-order valence-electron chi connectivity index (χ3n) is 5.88. The van der Waals surface area contributed by atoms with Crippen LogP contribution in [0.3, 0.4) is 0 Å². The first-order valence-corrected chi connectivity index (χ1v) is 11.3. The molecule has 7 nitrogen and oxygen atoms in total. The number of aryl methyl sites for hydroxylation is 1. The van der Waals surface area contributed by atoms with Gasteiger partial charge in [-0.3, -0.25) is 14.5 Å². The standard InChI is InChI=1S/C25H26F3N5O2/c26-25(27,28)21-8-4-5-9-22(21)30-23(34)18-31-12-14-32(15-13-31)24(35)11-10-19-16-29-33(17-19)20-6-2-1-3-7-20/h1-9,16-17H,10-15,18H2,(H,30,34). The van der Waals surface area contributed by atoms with Gasteiger partial charge >= 0.3 is 6.18 Å². The van der Waals surface area contributed by atoms with Crippen molar-refractivity contribution in [3.8, 4) is 5.69 Å².